The van der Waals surface area contributed by atoms with Gasteiger partial charge in [-0.05, 0) is 12.0 Å². The highest BCUT2D eigenvalue weighted by Crippen LogP contribution is 2.29. The van der Waals surface area contributed by atoms with Gasteiger partial charge in [-0.25, -0.2) is 4.98 Å². The Balaban J connectivity index is 2.96. The van der Waals surface area contributed by atoms with Crippen LogP contribution in [-0.2, 0) is 0 Å². The third kappa shape index (κ3) is 3.37. The summed E-state index contributed by atoms with van der Waals surface area (Å²) in [6, 6.07) is 3.10. The molecule has 5 nitrogen and oxygen atoms in total. The molecule has 0 saturated heterocycles. The van der Waals surface area contributed by atoms with Crippen LogP contribution in [0, 0.1) is 16.0 Å². The molecule has 1 heterocycles. The first kappa shape index (κ1) is 12.8. The molecule has 0 bridgehead atoms. The third-order valence-electron chi connectivity index (χ3n) is 1.85. The average molecular weight is 241 g/mol. The van der Waals surface area contributed by atoms with Gasteiger partial charge in [-0.15, -0.1) is 0 Å². The van der Waals surface area contributed by atoms with E-state index >= 15 is 0 Å². The second kappa shape index (κ2) is 5.69. The molecule has 0 radical (unpaired) electrons. The SMILES string of the molecule is CNc1ccc([N+](=O)[O-])c(SCC(C)C)n1. The van der Waals surface area contributed by atoms with Crippen LogP contribution in [0.4, 0.5) is 11.5 Å². The minimum absolute atomic E-state index is 0.0738. The summed E-state index contributed by atoms with van der Waals surface area (Å²) in [7, 11) is 1.74. The van der Waals surface area contributed by atoms with E-state index in [4.69, 9.17) is 0 Å². The van der Waals surface area contributed by atoms with Gasteiger partial charge in [0.25, 0.3) is 0 Å². The van der Waals surface area contributed by atoms with Crippen molar-refractivity contribution in [2.45, 2.75) is 18.9 Å². The number of nitrogens with zero attached hydrogens (tertiary/aromatic N) is 2. The molecule has 0 atom stereocenters. The van der Waals surface area contributed by atoms with Crippen LogP contribution in [0.5, 0.6) is 0 Å². The van der Waals surface area contributed by atoms with Gasteiger partial charge in [-0.3, -0.25) is 10.1 Å². The van der Waals surface area contributed by atoms with Crippen molar-refractivity contribution >= 4 is 23.3 Å². The van der Waals surface area contributed by atoms with Crippen LogP contribution in [0.2, 0.25) is 0 Å². The molecular formula is C10H15N3O2S. The highest BCUT2D eigenvalue weighted by molar-refractivity contribution is 7.99. The van der Waals surface area contributed by atoms with E-state index in [2.05, 4.69) is 24.1 Å². The van der Waals surface area contributed by atoms with Crippen molar-refractivity contribution in [3.63, 3.8) is 0 Å². The lowest BCUT2D eigenvalue weighted by atomic mass is 10.3. The summed E-state index contributed by atoms with van der Waals surface area (Å²) in [5.74, 6) is 1.95. The quantitative estimate of drug-likeness (QED) is 0.487. The zero-order valence-corrected chi connectivity index (χ0v) is 10.4. The maximum Gasteiger partial charge on any atom is 0.301 e. The van der Waals surface area contributed by atoms with E-state index in [0.29, 0.717) is 16.8 Å². The van der Waals surface area contributed by atoms with Crippen LogP contribution in [0.15, 0.2) is 17.2 Å². The number of aromatic nitrogens is 1. The molecule has 0 unspecified atom stereocenters. The Bertz CT molecular complexity index is 382. The minimum Gasteiger partial charge on any atom is -0.373 e. The average Bonchev–Trinajstić information content (AvgIpc) is 2.25. The van der Waals surface area contributed by atoms with Gasteiger partial charge in [0.2, 0.25) is 0 Å². The summed E-state index contributed by atoms with van der Waals surface area (Å²) in [5, 5.41) is 14.1. The molecule has 0 aliphatic rings. The van der Waals surface area contributed by atoms with E-state index in [1.807, 2.05) is 0 Å². The van der Waals surface area contributed by atoms with Gasteiger partial charge in [0.15, 0.2) is 5.03 Å². The van der Waals surface area contributed by atoms with Crippen LogP contribution in [0.1, 0.15) is 13.8 Å². The molecule has 0 fully saturated rings. The number of hydrogen-bond donors (Lipinski definition) is 1. The molecule has 0 amide bonds. The highest BCUT2D eigenvalue weighted by atomic mass is 32.2. The van der Waals surface area contributed by atoms with Crippen molar-refractivity contribution in [2.75, 3.05) is 18.1 Å². The topological polar surface area (TPSA) is 68.1 Å². The molecule has 1 rings (SSSR count). The van der Waals surface area contributed by atoms with Crippen molar-refractivity contribution in [2.24, 2.45) is 5.92 Å². The zero-order chi connectivity index (χ0) is 12.1. The van der Waals surface area contributed by atoms with Crippen LogP contribution in [-0.4, -0.2) is 22.7 Å². The molecule has 88 valence electrons. The normalized spacial score (nSPS) is 10.5. The first-order valence-electron chi connectivity index (χ1n) is 5.00. The van der Waals surface area contributed by atoms with Crippen molar-refractivity contribution < 1.29 is 4.92 Å². The lowest BCUT2D eigenvalue weighted by Crippen LogP contribution is -1.99. The first-order valence-corrected chi connectivity index (χ1v) is 5.99. The van der Waals surface area contributed by atoms with Crippen LogP contribution < -0.4 is 5.32 Å². The summed E-state index contributed by atoms with van der Waals surface area (Å²) < 4.78 is 0. The van der Waals surface area contributed by atoms with Gasteiger partial charge < -0.3 is 5.32 Å². The number of rotatable bonds is 5. The van der Waals surface area contributed by atoms with E-state index in [1.165, 1.54) is 17.8 Å². The van der Waals surface area contributed by atoms with Crippen molar-refractivity contribution in [3.05, 3.63) is 22.2 Å². The van der Waals surface area contributed by atoms with E-state index < -0.39 is 4.92 Å². The molecular weight excluding hydrogens is 226 g/mol. The summed E-state index contributed by atoms with van der Waals surface area (Å²) in [6.07, 6.45) is 0. The Hall–Kier alpha value is -1.30. The zero-order valence-electron chi connectivity index (χ0n) is 9.56. The highest BCUT2D eigenvalue weighted by Gasteiger charge is 2.16. The Labute approximate surface area is 98.8 Å². The molecule has 0 aliphatic heterocycles. The second-order valence-corrected chi connectivity index (χ2v) is 4.74. The molecule has 1 aromatic rings. The number of pyridine rings is 1. The number of nitrogens with one attached hydrogen (secondary N) is 1. The standard InChI is InChI=1S/C10H15N3O2S/c1-7(2)6-16-10-8(13(14)15)4-5-9(11-3)12-10/h4-5,7H,6H2,1-3H3,(H,11,12). The lowest BCUT2D eigenvalue weighted by Gasteiger charge is -2.06. The number of anilines is 1. The maximum absolute atomic E-state index is 10.8. The minimum atomic E-state index is -0.394. The molecule has 6 heteroatoms. The number of hydrogen-bond acceptors (Lipinski definition) is 5. The Morgan fingerprint density at radius 1 is 1.56 bits per heavy atom. The third-order valence-corrected chi connectivity index (χ3v) is 3.25. The first-order chi connectivity index (χ1) is 7.54. The van der Waals surface area contributed by atoms with Gasteiger partial charge >= 0.3 is 5.69 Å². The molecule has 0 saturated carbocycles. The predicted octanol–water partition coefficient (Wildman–Crippen LogP) is 2.78. The number of nitro groups is 1. The fourth-order valence-electron chi connectivity index (χ4n) is 1.06. The largest absolute Gasteiger partial charge is 0.373 e. The monoisotopic (exact) mass is 241 g/mol. The number of thioether (sulfide) groups is 1. The summed E-state index contributed by atoms with van der Waals surface area (Å²) in [6.45, 7) is 4.14. The summed E-state index contributed by atoms with van der Waals surface area (Å²) >= 11 is 1.42. The van der Waals surface area contributed by atoms with Gasteiger partial charge in [0.1, 0.15) is 5.82 Å². The molecule has 1 N–H and O–H groups in total. The maximum atomic E-state index is 10.8. The van der Waals surface area contributed by atoms with E-state index in [9.17, 15) is 10.1 Å². The molecule has 0 aromatic carbocycles. The Morgan fingerprint density at radius 2 is 2.25 bits per heavy atom. The Kier molecular flexibility index (Phi) is 4.54. The van der Waals surface area contributed by atoms with Crippen LogP contribution in [0.3, 0.4) is 0 Å². The molecule has 0 aliphatic carbocycles. The molecule has 0 spiro atoms. The van der Waals surface area contributed by atoms with E-state index in [0.717, 1.165) is 5.75 Å². The predicted molar refractivity (Wildman–Crippen MR) is 66.0 cm³/mol. The second-order valence-electron chi connectivity index (χ2n) is 3.73. The van der Waals surface area contributed by atoms with E-state index in [-0.39, 0.29) is 5.69 Å². The molecule has 16 heavy (non-hydrogen) atoms. The van der Waals surface area contributed by atoms with Gasteiger partial charge in [0.05, 0.1) is 4.92 Å². The van der Waals surface area contributed by atoms with Crippen molar-refractivity contribution in [1.82, 2.24) is 4.98 Å². The Morgan fingerprint density at radius 3 is 2.75 bits per heavy atom. The lowest BCUT2D eigenvalue weighted by molar-refractivity contribution is -0.388. The smallest absolute Gasteiger partial charge is 0.301 e. The van der Waals surface area contributed by atoms with Gasteiger partial charge in [-0.2, -0.15) is 0 Å². The van der Waals surface area contributed by atoms with Crippen LogP contribution >= 0.6 is 11.8 Å². The van der Waals surface area contributed by atoms with Crippen LogP contribution in [0.25, 0.3) is 0 Å². The van der Waals surface area contributed by atoms with Crippen molar-refractivity contribution in [3.8, 4) is 0 Å². The molecule has 1 aromatic heterocycles. The van der Waals surface area contributed by atoms with Crippen molar-refractivity contribution in [1.29, 1.82) is 0 Å². The fourth-order valence-corrected chi connectivity index (χ4v) is 2.01. The van der Waals surface area contributed by atoms with E-state index in [1.54, 1.807) is 13.1 Å². The summed E-state index contributed by atoms with van der Waals surface area (Å²) in [4.78, 5) is 14.6. The van der Waals surface area contributed by atoms with Gasteiger partial charge in [0, 0.05) is 18.9 Å². The van der Waals surface area contributed by atoms with Gasteiger partial charge in [-0.1, -0.05) is 25.6 Å². The fraction of sp³-hybridized carbons (Fsp3) is 0.500. The summed E-state index contributed by atoms with van der Waals surface area (Å²) in [5.41, 5.74) is 0.0738.